The molecular weight excluding hydrogens is 526 g/mol. The largest absolute Gasteiger partial charge is 0.459 e. The smallest absolute Gasteiger partial charge is 0.233 e. The van der Waals surface area contributed by atoms with Crippen molar-refractivity contribution in [2.24, 2.45) is 28.7 Å². The van der Waals surface area contributed by atoms with E-state index in [2.05, 4.69) is 27.8 Å². The Bertz CT molecular complexity index is 1100. The van der Waals surface area contributed by atoms with Gasteiger partial charge in [-0.2, -0.15) is 0 Å². The Balaban J connectivity index is 0.00000245. The number of rotatable bonds is 5. The Hall–Kier alpha value is -2.43. The van der Waals surface area contributed by atoms with Crippen LogP contribution in [0.1, 0.15) is 17.7 Å². The Kier molecular flexibility index (Phi) is 6.28. The summed E-state index contributed by atoms with van der Waals surface area (Å²) < 4.78 is 19.3. The third-order valence-electron chi connectivity index (χ3n) is 6.83. The number of furan rings is 1. The zero-order chi connectivity index (χ0) is 21.7. The van der Waals surface area contributed by atoms with E-state index in [1.807, 2.05) is 6.92 Å². The number of fused-ring (bicyclic) bond motifs is 6. The highest BCUT2D eigenvalue weighted by Crippen LogP contribution is 2.52. The topological polar surface area (TPSA) is 86.9 Å². The molecule has 4 atom stereocenters. The van der Waals surface area contributed by atoms with E-state index in [4.69, 9.17) is 4.42 Å². The van der Waals surface area contributed by atoms with Gasteiger partial charge in [-0.05, 0) is 43.4 Å². The van der Waals surface area contributed by atoms with E-state index in [0.717, 1.165) is 17.4 Å². The van der Waals surface area contributed by atoms with Crippen molar-refractivity contribution in [3.63, 3.8) is 0 Å². The number of aryl methyl sites for hydroxylation is 1. The second kappa shape index (κ2) is 8.84. The summed E-state index contributed by atoms with van der Waals surface area (Å²) in [5, 5.41) is 7.07. The Labute approximate surface area is 202 Å². The van der Waals surface area contributed by atoms with Crippen LogP contribution in [-0.2, 0) is 16.1 Å². The Morgan fingerprint density at radius 3 is 2.53 bits per heavy atom. The molecule has 7 nitrogen and oxygen atoms in total. The van der Waals surface area contributed by atoms with Gasteiger partial charge in [0.25, 0.3) is 0 Å². The molecule has 1 aromatic heterocycles. The second-order valence-corrected chi connectivity index (χ2v) is 8.47. The number of likely N-dealkylation sites (tertiary alicyclic amines) is 1. The van der Waals surface area contributed by atoms with Gasteiger partial charge in [0.15, 0.2) is 5.96 Å². The number of benzene rings is 1. The molecule has 9 heteroatoms. The van der Waals surface area contributed by atoms with Gasteiger partial charge in [-0.15, -0.1) is 24.0 Å². The average molecular weight is 552 g/mol. The number of aliphatic imine (C=N–C) groups is 1. The molecule has 2 aliphatic carbocycles. The fourth-order valence-corrected chi connectivity index (χ4v) is 5.27. The van der Waals surface area contributed by atoms with Crippen LogP contribution in [0, 0.1) is 36.4 Å². The lowest BCUT2D eigenvalue weighted by Gasteiger charge is -2.18. The molecule has 1 saturated heterocycles. The molecule has 2 heterocycles. The summed E-state index contributed by atoms with van der Waals surface area (Å²) in [6.45, 7) is 2.99. The molecule has 3 aliphatic rings. The van der Waals surface area contributed by atoms with Crippen molar-refractivity contribution in [1.29, 1.82) is 0 Å². The van der Waals surface area contributed by atoms with E-state index in [9.17, 15) is 14.0 Å². The lowest BCUT2D eigenvalue weighted by molar-refractivity contribution is -0.140. The van der Waals surface area contributed by atoms with Crippen molar-refractivity contribution in [1.82, 2.24) is 15.5 Å². The van der Waals surface area contributed by atoms with Gasteiger partial charge in [0.1, 0.15) is 17.2 Å². The number of hydrogen-bond acceptors (Lipinski definition) is 4. The predicted molar refractivity (Wildman–Crippen MR) is 129 cm³/mol. The van der Waals surface area contributed by atoms with Crippen LogP contribution in [0.15, 0.2) is 39.8 Å². The summed E-state index contributed by atoms with van der Waals surface area (Å²) in [6.07, 6.45) is 5.13. The number of halogens is 2. The molecule has 2 aromatic rings. The molecule has 4 unspecified atom stereocenters. The first kappa shape index (κ1) is 22.8. The van der Waals surface area contributed by atoms with Crippen LogP contribution in [0.25, 0.3) is 11.0 Å². The number of nitrogens with zero attached hydrogens (tertiary/aromatic N) is 2. The van der Waals surface area contributed by atoms with Gasteiger partial charge >= 0.3 is 0 Å². The van der Waals surface area contributed by atoms with E-state index in [0.29, 0.717) is 36.9 Å². The van der Waals surface area contributed by atoms with Crippen molar-refractivity contribution in [2.45, 2.75) is 19.9 Å². The first-order valence-electron chi connectivity index (χ1n) is 10.6. The Morgan fingerprint density at radius 1 is 1.19 bits per heavy atom. The van der Waals surface area contributed by atoms with Gasteiger partial charge in [0.2, 0.25) is 11.8 Å². The van der Waals surface area contributed by atoms with Crippen LogP contribution in [0.3, 0.4) is 0 Å². The molecule has 0 radical (unpaired) electrons. The summed E-state index contributed by atoms with van der Waals surface area (Å²) in [7, 11) is 1.65. The highest BCUT2D eigenvalue weighted by atomic mass is 127. The fraction of sp³-hybridized carbons (Fsp3) is 0.435. The number of carbonyl (C=O) groups excluding carboxylic acids is 2. The summed E-state index contributed by atoms with van der Waals surface area (Å²) in [5.74, 6) is 0.965. The summed E-state index contributed by atoms with van der Waals surface area (Å²) in [5.41, 5.74) is 1.51. The van der Waals surface area contributed by atoms with Crippen LogP contribution in [0.4, 0.5) is 4.39 Å². The third-order valence-corrected chi connectivity index (χ3v) is 6.83. The minimum absolute atomic E-state index is 0. The number of nitrogens with one attached hydrogen (secondary N) is 2. The molecule has 5 rings (SSSR count). The molecule has 1 aromatic carbocycles. The van der Waals surface area contributed by atoms with Crippen molar-refractivity contribution in [2.75, 3.05) is 20.1 Å². The molecule has 1 saturated carbocycles. The number of hydrogen-bond donors (Lipinski definition) is 2. The van der Waals surface area contributed by atoms with E-state index < -0.39 is 0 Å². The van der Waals surface area contributed by atoms with E-state index in [1.54, 1.807) is 13.1 Å². The summed E-state index contributed by atoms with van der Waals surface area (Å²) in [4.78, 5) is 31.1. The maximum absolute atomic E-state index is 13.5. The zero-order valence-corrected chi connectivity index (χ0v) is 20.3. The highest BCUT2D eigenvalue weighted by molar-refractivity contribution is 14.0. The van der Waals surface area contributed by atoms with Crippen LogP contribution in [0.2, 0.25) is 0 Å². The fourth-order valence-electron chi connectivity index (χ4n) is 5.27. The molecule has 32 heavy (non-hydrogen) atoms. The number of imide groups is 1. The molecule has 2 N–H and O–H groups in total. The summed E-state index contributed by atoms with van der Waals surface area (Å²) >= 11 is 0. The van der Waals surface area contributed by atoms with Crippen LogP contribution >= 0.6 is 24.0 Å². The zero-order valence-electron chi connectivity index (χ0n) is 17.9. The van der Waals surface area contributed by atoms with Gasteiger partial charge in [-0.3, -0.25) is 19.5 Å². The number of allylic oxidation sites excluding steroid dienone is 2. The monoisotopic (exact) mass is 552 g/mol. The molecule has 2 fully saturated rings. The minimum atomic E-state index is -0.299. The van der Waals surface area contributed by atoms with Crippen molar-refractivity contribution in [3.8, 4) is 0 Å². The lowest BCUT2D eigenvalue weighted by Crippen LogP contribution is -2.43. The van der Waals surface area contributed by atoms with Crippen LogP contribution in [0.5, 0.6) is 0 Å². The van der Waals surface area contributed by atoms with Gasteiger partial charge in [0.05, 0.1) is 18.4 Å². The van der Waals surface area contributed by atoms with Crippen LogP contribution < -0.4 is 10.6 Å². The minimum Gasteiger partial charge on any atom is -0.459 e. The highest BCUT2D eigenvalue weighted by Gasteiger charge is 2.58. The first-order chi connectivity index (χ1) is 15.0. The lowest BCUT2D eigenvalue weighted by atomic mass is 9.85. The molecule has 170 valence electrons. The van der Waals surface area contributed by atoms with Gasteiger partial charge in [0, 0.05) is 31.1 Å². The molecule has 2 bridgehead atoms. The van der Waals surface area contributed by atoms with Crippen molar-refractivity contribution >= 4 is 52.7 Å². The maximum Gasteiger partial charge on any atom is 0.233 e. The first-order valence-corrected chi connectivity index (χ1v) is 10.6. The van der Waals surface area contributed by atoms with Gasteiger partial charge in [-0.25, -0.2) is 4.39 Å². The average Bonchev–Trinajstić information content (AvgIpc) is 3.50. The third kappa shape index (κ3) is 3.70. The SMILES string of the molecule is CN=C(NCCN1C(=O)C2C3C=CC(C3)C2C1=O)NCc1oc2ccc(F)cc2c1C.I. The van der Waals surface area contributed by atoms with Crippen LogP contribution in [-0.4, -0.2) is 42.8 Å². The van der Waals surface area contributed by atoms with Crippen molar-refractivity contribution < 1.29 is 18.4 Å². The number of amides is 2. The molecule has 1 aliphatic heterocycles. The second-order valence-electron chi connectivity index (χ2n) is 8.47. The quantitative estimate of drug-likeness (QED) is 0.196. The molecule has 2 amide bonds. The van der Waals surface area contributed by atoms with E-state index >= 15 is 0 Å². The van der Waals surface area contributed by atoms with Gasteiger partial charge in [-0.1, -0.05) is 12.2 Å². The van der Waals surface area contributed by atoms with E-state index in [-0.39, 0.29) is 65.3 Å². The number of guanidine groups is 1. The van der Waals surface area contributed by atoms with Crippen molar-refractivity contribution in [3.05, 3.63) is 47.5 Å². The van der Waals surface area contributed by atoms with Gasteiger partial charge < -0.3 is 15.1 Å². The number of carbonyl (C=O) groups is 2. The normalized spacial score (nSPS) is 26.1. The standard InChI is InChI=1S/C23H25FN4O3.HI/c1-12-16-10-15(24)5-6-17(16)31-18(12)11-27-23(25-2)26-7-8-28-21(29)19-13-3-4-14(9-13)20(19)22(28)30;/h3-6,10,13-14,19-20H,7-9,11H2,1-2H3,(H2,25,26,27);1H. The predicted octanol–water partition coefficient (Wildman–Crippen LogP) is 2.97. The molecular formula is C23H26FIN4O3. The maximum atomic E-state index is 13.5. The van der Waals surface area contributed by atoms with E-state index in [1.165, 1.54) is 17.0 Å². The summed E-state index contributed by atoms with van der Waals surface area (Å²) in [6, 6.07) is 4.46. The molecule has 0 spiro atoms. The Morgan fingerprint density at radius 2 is 1.88 bits per heavy atom.